The van der Waals surface area contributed by atoms with Gasteiger partial charge >= 0.3 is 0 Å². The Kier molecular flexibility index (Phi) is 18.0. The van der Waals surface area contributed by atoms with E-state index in [0.29, 0.717) is 59.0 Å². The Bertz CT molecular complexity index is 417. The molecule has 0 aromatic heterocycles. The van der Waals surface area contributed by atoms with Crippen LogP contribution in [0.25, 0.3) is 10.4 Å². The Balaban J connectivity index is 3.35. The van der Waals surface area contributed by atoms with Crippen LogP contribution in [0.4, 0.5) is 0 Å². The van der Waals surface area contributed by atoms with E-state index in [-0.39, 0.29) is 24.8 Å². The molecule has 0 saturated heterocycles. The van der Waals surface area contributed by atoms with Gasteiger partial charge in [0.2, 0.25) is 11.8 Å². The molecule has 0 fully saturated rings. The van der Waals surface area contributed by atoms with E-state index in [9.17, 15) is 9.59 Å². The predicted molar refractivity (Wildman–Crippen MR) is 94.9 cm³/mol. The maximum absolute atomic E-state index is 11.5. The molecule has 2 amide bonds. The van der Waals surface area contributed by atoms with Crippen LogP contribution in [0.1, 0.15) is 32.1 Å². The minimum atomic E-state index is -0.321. The number of carbonyl (C=O) groups is 2. The molecule has 0 heterocycles. The van der Waals surface area contributed by atoms with Gasteiger partial charge in [-0.3, -0.25) is 20.4 Å². The highest BCUT2D eigenvalue weighted by Crippen LogP contribution is 1.99. The Labute approximate surface area is 153 Å². The highest BCUT2D eigenvalue weighted by Gasteiger charge is 2.04. The van der Waals surface area contributed by atoms with Crippen molar-refractivity contribution < 1.29 is 23.8 Å². The summed E-state index contributed by atoms with van der Waals surface area (Å²) in [6.07, 6.45) is 2.65. The average molecular weight is 374 g/mol. The number of ether oxygens (including phenoxy) is 3. The van der Waals surface area contributed by atoms with Crippen LogP contribution >= 0.6 is 0 Å². The second kappa shape index (κ2) is 19.4. The Hall–Kier alpha value is -1.91. The first-order valence-electron chi connectivity index (χ1n) is 8.72. The number of amides is 2. The normalized spacial score (nSPS) is 10.2. The molecule has 0 atom stereocenters. The molecule has 0 unspecified atom stereocenters. The van der Waals surface area contributed by atoms with Gasteiger partial charge in [-0.15, -0.1) is 0 Å². The maximum Gasteiger partial charge on any atom is 0.240 e. The summed E-state index contributed by atoms with van der Waals surface area (Å²) >= 11 is 0. The third-order valence-electron chi connectivity index (χ3n) is 3.05. The van der Waals surface area contributed by atoms with Crippen LogP contribution in [0.3, 0.4) is 0 Å². The molecule has 0 aromatic rings. The van der Waals surface area contributed by atoms with Gasteiger partial charge in [0.1, 0.15) is 0 Å². The van der Waals surface area contributed by atoms with E-state index in [2.05, 4.69) is 20.9 Å². The largest absolute Gasteiger partial charge is 0.379 e. The van der Waals surface area contributed by atoms with Gasteiger partial charge in [-0.25, -0.2) is 0 Å². The number of nitrogens with one attached hydrogen (secondary N) is 2. The van der Waals surface area contributed by atoms with Crippen LogP contribution in [-0.2, 0) is 23.8 Å². The first kappa shape index (κ1) is 24.1. The number of rotatable bonds is 17. The Morgan fingerprint density at radius 2 is 1.42 bits per heavy atom. The molecule has 0 bridgehead atoms. The van der Waals surface area contributed by atoms with Crippen LogP contribution in [0.5, 0.6) is 0 Å². The number of hydrogen-bond donors (Lipinski definition) is 3. The molecule has 0 aliphatic carbocycles. The van der Waals surface area contributed by atoms with Gasteiger partial charge in [0, 0.05) is 24.4 Å². The zero-order chi connectivity index (χ0) is 19.3. The van der Waals surface area contributed by atoms with Gasteiger partial charge in [0.25, 0.3) is 0 Å². The lowest BCUT2D eigenvalue weighted by Crippen LogP contribution is -2.41. The van der Waals surface area contributed by atoms with Crippen LogP contribution in [0.15, 0.2) is 5.11 Å². The van der Waals surface area contributed by atoms with E-state index in [1.165, 1.54) is 0 Å². The number of unbranched alkanes of at least 4 members (excludes halogenated alkanes) is 2. The summed E-state index contributed by atoms with van der Waals surface area (Å²) in [5, 5.41) is 3.41. The zero-order valence-electron chi connectivity index (χ0n) is 15.2. The Morgan fingerprint density at radius 3 is 2.04 bits per heavy atom. The van der Waals surface area contributed by atoms with Crippen molar-refractivity contribution in [2.24, 2.45) is 10.8 Å². The van der Waals surface area contributed by atoms with Crippen LogP contribution < -0.4 is 16.6 Å². The third-order valence-corrected chi connectivity index (χ3v) is 3.05. The number of hydrazine groups is 1. The first-order valence-corrected chi connectivity index (χ1v) is 8.72. The fourth-order valence-electron chi connectivity index (χ4n) is 1.74. The van der Waals surface area contributed by atoms with Gasteiger partial charge in [-0.2, -0.15) is 0 Å². The highest BCUT2D eigenvalue weighted by molar-refractivity contribution is 5.81. The lowest BCUT2D eigenvalue weighted by molar-refractivity contribution is -0.129. The molecule has 26 heavy (non-hydrogen) atoms. The summed E-state index contributed by atoms with van der Waals surface area (Å²) < 4.78 is 15.7. The number of nitrogens with two attached hydrogens (primary N) is 1. The maximum atomic E-state index is 11.5. The van der Waals surface area contributed by atoms with Crippen LogP contribution in [0, 0.1) is 0 Å². The first-order chi connectivity index (χ1) is 12.7. The lowest BCUT2D eigenvalue weighted by Gasteiger charge is -2.08. The minimum Gasteiger partial charge on any atom is -0.379 e. The summed E-state index contributed by atoms with van der Waals surface area (Å²) in [7, 11) is 0. The molecule has 4 N–H and O–H groups in total. The second-order valence-corrected chi connectivity index (χ2v) is 5.24. The lowest BCUT2D eigenvalue weighted by atomic mass is 10.2. The summed E-state index contributed by atoms with van der Waals surface area (Å²) in [5.74, 6) is -0.578. The van der Waals surface area contributed by atoms with Gasteiger partial charge < -0.3 is 19.9 Å². The van der Waals surface area contributed by atoms with E-state index >= 15 is 0 Å². The third kappa shape index (κ3) is 18.4. The molecular formula is C15H30N6O5. The van der Waals surface area contributed by atoms with E-state index in [0.717, 1.165) is 12.8 Å². The van der Waals surface area contributed by atoms with Gasteiger partial charge in [-0.05, 0) is 18.4 Å². The van der Waals surface area contributed by atoms with Crippen molar-refractivity contribution in [3.63, 3.8) is 0 Å². The SMILES string of the molecule is [N-]=[N+]=NCCCCCC(=O)NNC(=O)CCOCCOCCOCCN. The van der Waals surface area contributed by atoms with Crippen LogP contribution in [-0.4, -0.2) is 64.5 Å². The zero-order valence-corrected chi connectivity index (χ0v) is 15.2. The molecule has 150 valence electrons. The molecule has 0 aliphatic rings. The van der Waals surface area contributed by atoms with Gasteiger partial charge in [-0.1, -0.05) is 11.5 Å². The molecular weight excluding hydrogens is 344 g/mol. The smallest absolute Gasteiger partial charge is 0.240 e. The monoisotopic (exact) mass is 374 g/mol. The summed E-state index contributed by atoms with van der Waals surface area (Å²) in [6, 6.07) is 0. The van der Waals surface area contributed by atoms with Crippen LogP contribution in [0.2, 0.25) is 0 Å². The summed E-state index contributed by atoms with van der Waals surface area (Å²) in [5.41, 5.74) is 18.1. The van der Waals surface area contributed by atoms with E-state index in [4.69, 9.17) is 25.5 Å². The van der Waals surface area contributed by atoms with Crippen molar-refractivity contribution in [1.29, 1.82) is 0 Å². The molecule has 11 nitrogen and oxygen atoms in total. The Morgan fingerprint density at radius 1 is 0.846 bits per heavy atom. The number of nitrogens with zero attached hydrogens (tertiary/aromatic N) is 3. The molecule has 0 rings (SSSR count). The number of carbonyl (C=O) groups excluding carboxylic acids is 2. The predicted octanol–water partition coefficient (Wildman–Crippen LogP) is 0.403. The molecule has 0 spiro atoms. The topological polar surface area (TPSA) is 161 Å². The summed E-state index contributed by atoms with van der Waals surface area (Å²) in [4.78, 5) is 25.7. The molecule has 11 heteroatoms. The molecule has 0 saturated carbocycles. The summed E-state index contributed by atoms with van der Waals surface area (Å²) in [6.45, 7) is 3.45. The van der Waals surface area contributed by atoms with Crippen molar-refractivity contribution >= 4 is 11.8 Å². The van der Waals surface area contributed by atoms with E-state index < -0.39 is 0 Å². The number of azide groups is 1. The van der Waals surface area contributed by atoms with Crippen molar-refractivity contribution in [1.82, 2.24) is 10.9 Å². The fraction of sp³-hybridized carbons (Fsp3) is 0.867. The standard InChI is InChI=1S/C15H30N6O5/c16-6-9-25-11-13-26-12-10-24-8-5-15(23)20-19-14(22)4-2-1-3-7-18-21-17/h1-13,16H2,(H,19,22)(H,20,23). The minimum absolute atomic E-state index is 0.145. The van der Waals surface area contributed by atoms with E-state index in [1.807, 2.05) is 0 Å². The van der Waals surface area contributed by atoms with Crippen molar-refractivity contribution in [3.05, 3.63) is 10.4 Å². The molecule has 0 aliphatic heterocycles. The van der Waals surface area contributed by atoms with Gasteiger partial charge in [0.15, 0.2) is 0 Å². The van der Waals surface area contributed by atoms with Crippen molar-refractivity contribution in [3.8, 4) is 0 Å². The quantitative estimate of drug-likeness (QED) is 0.110. The van der Waals surface area contributed by atoms with Gasteiger partial charge in [0.05, 0.1) is 46.1 Å². The van der Waals surface area contributed by atoms with E-state index in [1.54, 1.807) is 0 Å². The van der Waals surface area contributed by atoms with Crippen molar-refractivity contribution in [2.75, 3.05) is 52.7 Å². The molecule has 0 aromatic carbocycles. The average Bonchev–Trinajstić information content (AvgIpc) is 2.64. The number of hydrogen-bond acceptors (Lipinski definition) is 7. The highest BCUT2D eigenvalue weighted by atomic mass is 16.5. The van der Waals surface area contributed by atoms with Crippen molar-refractivity contribution in [2.45, 2.75) is 32.1 Å². The second-order valence-electron chi connectivity index (χ2n) is 5.24. The molecule has 0 radical (unpaired) electrons. The fourth-order valence-corrected chi connectivity index (χ4v) is 1.74.